The summed E-state index contributed by atoms with van der Waals surface area (Å²) < 4.78 is 80.4. The van der Waals surface area contributed by atoms with Crippen molar-refractivity contribution in [3.63, 3.8) is 0 Å². The molecule has 4 rings (SSSR count). The van der Waals surface area contributed by atoms with Crippen molar-refractivity contribution < 1.29 is 26.3 Å². The number of alkyl halides is 6. The molecule has 0 saturated carbocycles. The number of pyridine rings is 1. The van der Waals surface area contributed by atoms with Gasteiger partial charge in [-0.25, -0.2) is 4.98 Å². The molecule has 152 valence electrons. The molecular weight excluding hydrogens is 426 g/mol. The Hall–Kier alpha value is -3.25. The van der Waals surface area contributed by atoms with Crippen LogP contribution in [0, 0.1) is 11.8 Å². The Bertz CT molecular complexity index is 1250. The maximum Gasteiger partial charge on any atom is 0.420 e. The zero-order chi connectivity index (χ0) is 21.5. The predicted molar refractivity (Wildman–Crippen MR) is 101 cm³/mol. The van der Waals surface area contributed by atoms with Gasteiger partial charge in [-0.2, -0.15) is 26.3 Å². The van der Waals surface area contributed by atoms with E-state index in [1.54, 1.807) is 12.1 Å². The summed E-state index contributed by atoms with van der Waals surface area (Å²) in [5.74, 6) is 5.66. The highest BCUT2D eigenvalue weighted by atomic mass is 32.1. The minimum Gasteiger partial charge on any atom is -0.292 e. The van der Waals surface area contributed by atoms with Gasteiger partial charge >= 0.3 is 12.4 Å². The molecule has 0 radical (unpaired) electrons. The Morgan fingerprint density at radius 2 is 1.60 bits per heavy atom. The molecule has 0 saturated heterocycles. The first-order valence-electron chi connectivity index (χ1n) is 8.44. The average Bonchev–Trinajstić information content (AvgIpc) is 3.34. The molecule has 0 atom stereocenters. The van der Waals surface area contributed by atoms with Crippen LogP contribution in [0.15, 0.2) is 60.2 Å². The lowest BCUT2D eigenvalue weighted by Crippen LogP contribution is -2.09. The van der Waals surface area contributed by atoms with E-state index in [1.807, 2.05) is 5.38 Å². The second-order valence-corrected chi connectivity index (χ2v) is 7.23. The number of thiophene rings is 1. The lowest BCUT2D eigenvalue weighted by molar-refractivity contribution is -0.138. The van der Waals surface area contributed by atoms with Crippen LogP contribution in [0.5, 0.6) is 0 Å². The van der Waals surface area contributed by atoms with Crippen molar-refractivity contribution in [1.82, 2.24) is 9.38 Å². The minimum absolute atomic E-state index is 0.0979. The highest BCUT2D eigenvalue weighted by molar-refractivity contribution is 7.10. The van der Waals surface area contributed by atoms with Crippen LogP contribution in [0.2, 0.25) is 0 Å². The van der Waals surface area contributed by atoms with E-state index in [1.165, 1.54) is 28.1 Å². The largest absolute Gasteiger partial charge is 0.420 e. The van der Waals surface area contributed by atoms with Crippen LogP contribution in [0.4, 0.5) is 26.3 Å². The lowest BCUT2D eigenvalue weighted by atomic mass is 10.0. The molecule has 2 nitrogen and oxygen atoms in total. The number of nitrogens with zero attached hydrogens (tertiary/aromatic N) is 2. The fraction of sp³-hybridized carbons (Fsp3) is 0.0952. The molecule has 0 aliphatic carbocycles. The van der Waals surface area contributed by atoms with Gasteiger partial charge in [-0.15, -0.1) is 11.3 Å². The van der Waals surface area contributed by atoms with Crippen LogP contribution in [0.1, 0.15) is 21.7 Å². The topological polar surface area (TPSA) is 17.3 Å². The molecule has 30 heavy (non-hydrogen) atoms. The molecular formula is C21H10F6N2S. The van der Waals surface area contributed by atoms with Gasteiger partial charge in [0.05, 0.1) is 22.2 Å². The van der Waals surface area contributed by atoms with Crippen LogP contribution < -0.4 is 0 Å². The maximum absolute atomic E-state index is 13.6. The number of imidazole rings is 1. The van der Waals surface area contributed by atoms with Crippen molar-refractivity contribution >= 4 is 17.0 Å². The molecule has 9 heteroatoms. The van der Waals surface area contributed by atoms with Gasteiger partial charge in [-0.05, 0) is 52.6 Å². The smallest absolute Gasteiger partial charge is 0.292 e. The van der Waals surface area contributed by atoms with E-state index in [-0.39, 0.29) is 22.5 Å². The van der Waals surface area contributed by atoms with Crippen molar-refractivity contribution in [1.29, 1.82) is 0 Å². The molecule has 0 fully saturated rings. The first-order valence-corrected chi connectivity index (χ1v) is 9.32. The summed E-state index contributed by atoms with van der Waals surface area (Å²) in [6, 6.07) is 8.39. The number of hydrogen-bond donors (Lipinski definition) is 0. The summed E-state index contributed by atoms with van der Waals surface area (Å²) in [7, 11) is 0. The zero-order valence-electron chi connectivity index (χ0n) is 14.8. The van der Waals surface area contributed by atoms with Crippen molar-refractivity contribution in [3.05, 3.63) is 81.9 Å². The summed E-state index contributed by atoms with van der Waals surface area (Å²) in [6.45, 7) is 0. The summed E-state index contributed by atoms with van der Waals surface area (Å²) in [4.78, 5) is 4.60. The molecule has 0 aliphatic heterocycles. The van der Waals surface area contributed by atoms with E-state index in [9.17, 15) is 26.3 Å². The SMILES string of the molecule is FC(F)(F)c1ccc(-c2cc(C(F)(F)F)c3ncc(C#Cc4cccs4)n3c2)cc1. The average molecular weight is 436 g/mol. The molecule has 1 aromatic carbocycles. The molecule has 0 bridgehead atoms. The van der Waals surface area contributed by atoms with Crippen LogP contribution in [-0.2, 0) is 12.4 Å². The predicted octanol–water partition coefficient (Wildman–Crippen LogP) is 6.50. The normalized spacial score (nSPS) is 12.1. The number of hydrogen-bond acceptors (Lipinski definition) is 2. The number of benzene rings is 1. The zero-order valence-corrected chi connectivity index (χ0v) is 15.7. The van der Waals surface area contributed by atoms with E-state index in [4.69, 9.17) is 0 Å². The van der Waals surface area contributed by atoms with Crippen molar-refractivity contribution in [3.8, 4) is 23.0 Å². The summed E-state index contributed by atoms with van der Waals surface area (Å²) in [5.41, 5.74) is -1.66. The number of halogens is 6. The number of fused-ring (bicyclic) bond motifs is 1. The fourth-order valence-corrected chi connectivity index (χ4v) is 3.44. The summed E-state index contributed by atoms with van der Waals surface area (Å²) in [6.07, 6.45) is -6.61. The lowest BCUT2D eigenvalue weighted by Gasteiger charge is -2.12. The van der Waals surface area contributed by atoms with Gasteiger partial charge in [0.15, 0.2) is 0 Å². The first kappa shape index (κ1) is 20.0. The second kappa shape index (κ2) is 7.22. The molecule has 0 N–H and O–H groups in total. The molecule has 3 aromatic heterocycles. The van der Waals surface area contributed by atoms with Crippen LogP contribution in [-0.4, -0.2) is 9.38 Å². The Balaban J connectivity index is 1.87. The molecule has 0 amide bonds. The second-order valence-electron chi connectivity index (χ2n) is 6.28. The molecule has 3 heterocycles. The van der Waals surface area contributed by atoms with E-state index >= 15 is 0 Å². The molecule has 4 aromatic rings. The number of rotatable bonds is 1. The quantitative estimate of drug-likeness (QED) is 0.246. The monoisotopic (exact) mass is 436 g/mol. The van der Waals surface area contributed by atoms with Crippen LogP contribution >= 0.6 is 11.3 Å². The highest BCUT2D eigenvalue weighted by Crippen LogP contribution is 2.36. The van der Waals surface area contributed by atoms with Crippen molar-refractivity contribution in [2.75, 3.05) is 0 Å². The van der Waals surface area contributed by atoms with E-state index in [0.29, 0.717) is 0 Å². The van der Waals surface area contributed by atoms with Crippen LogP contribution in [0.25, 0.3) is 16.8 Å². The molecule has 0 unspecified atom stereocenters. The summed E-state index contributed by atoms with van der Waals surface area (Å²) in [5, 5.41) is 1.82. The minimum atomic E-state index is -4.70. The van der Waals surface area contributed by atoms with Gasteiger partial charge in [0.25, 0.3) is 0 Å². The third kappa shape index (κ3) is 3.91. The van der Waals surface area contributed by atoms with Gasteiger partial charge in [0.1, 0.15) is 11.3 Å². The van der Waals surface area contributed by atoms with Gasteiger partial charge in [-0.3, -0.25) is 4.40 Å². The third-order valence-corrected chi connectivity index (χ3v) is 5.08. The van der Waals surface area contributed by atoms with Gasteiger partial charge in [0, 0.05) is 6.20 Å². The highest BCUT2D eigenvalue weighted by Gasteiger charge is 2.35. The first-order chi connectivity index (χ1) is 14.1. The van der Waals surface area contributed by atoms with E-state index in [2.05, 4.69) is 16.8 Å². The van der Waals surface area contributed by atoms with Gasteiger partial charge in [0.2, 0.25) is 0 Å². The van der Waals surface area contributed by atoms with Gasteiger partial charge < -0.3 is 0 Å². The van der Waals surface area contributed by atoms with Gasteiger partial charge in [-0.1, -0.05) is 18.2 Å². The molecule has 0 aliphatic rings. The Morgan fingerprint density at radius 3 is 2.20 bits per heavy atom. The Morgan fingerprint density at radius 1 is 0.867 bits per heavy atom. The Kier molecular flexibility index (Phi) is 4.82. The van der Waals surface area contributed by atoms with E-state index in [0.717, 1.165) is 35.2 Å². The third-order valence-electron chi connectivity index (χ3n) is 4.29. The fourth-order valence-electron chi connectivity index (χ4n) is 2.87. The molecule has 0 spiro atoms. The summed E-state index contributed by atoms with van der Waals surface area (Å²) >= 11 is 1.39. The van der Waals surface area contributed by atoms with Crippen LogP contribution in [0.3, 0.4) is 0 Å². The maximum atomic E-state index is 13.6. The van der Waals surface area contributed by atoms with E-state index < -0.39 is 23.5 Å². The standard InChI is InChI=1S/C21H10F6N2S/c22-20(23,24)15-5-3-13(4-6-15)14-10-18(21(25,26)27)19-28-11-16(29(19)12-14)7-8-17-2-1-9-30-17/h1-6,9-12H. The van der Waals surface area contributed by atoms with Crippen molar-refractivity contribution in [2.24, 2.45) is 0 Å². The van der Waals surface area contributed by atoms with Crippen molar-refractivity contribution in [2.45, 2.75) is 12.4 Å². The Labute approximate surface area is 170 Å². The number of aromatic nitrogens is 2.